The summed E-state index contributed by atoms with van der Waals surface area (Å²) in [5.41, 5.74) is 6.92. The van der Waals surface area contributed by atoms with Crippen molar-refractivity contribution in [2.75, 3.05) is 26.2 Å². The minimum Gasteiger partial charge on any atom is -0.341 e. The van der Waals surface area contributed by atoms with Gasteiger partial charge in [-0.2, -0.15) is 4.31 Å². The van der Waals surface area contributed by atoms with Gasteiger partial charge in [0.1, 0.15) is 0 Å². The fourth-order valence-corrected chi connectivity index (χ4v) is 5.25. The van der Waals surface area contributed by atoms with Gasteiger partial charge in [-0.05, 0) is 49.8 Å². The molecule has 2 aliphatic heterocycles. The summed E-state index contributed by atoms with van der Waals surface area (Å²) in [6.45, 7) is 2.65. The fourth-order valence-electron chi connectivity index (χ4n) is 3.73. The fraction of sp³-hybridized carbons (Fsp3) is 0.632. The van der Waals surface area contributed by atoms with E-state index in [1.54, 1.807) is 16.4 Å². The topological polar surface area (TPSA) is 83.7 Å². The third kappa shape index (κ3) is 5.67. The van der Waals surface area contributed by atoms with Crippen LogP contribution in [-0.2, 0) is 21.2 Å². The average molecular weight is 416 g/mol. The summed E-state index contributed by atoms with van der Waals surface area (Å²) >= 11 is 0. The third-order valence-corrected chi connectivity index (χ3v) is 7.23. The van der Waals surface area contributed by atoms with E-state index in [1.807, 2.05) is 17.0 Å². The Morgan fingerprint density at radius 2 is 1.70 bits per heavy atom. The van der Waals surface area contributed by atoms with Crippen molar-refractivity contribution in [3.8, 4) is 0 Å². The predicted octanol–water partition coefficient (Wildman–Crippen LogP) is 2.17. The van der Waals surface area contributed by atoms with Crippen molar-refractivity contribution in [2.45, 2.75) is 55.9 Å². The quantitative estimate of drug-likeness (QED) is 0.798. The van der Waals surface area contributed by atoms with Gasteiger partial charge in [0.05, 0.1) is 4.90 Å². The Morgan fingerprint density at radius 3 is 2.33 bits per heavy atom. The second-order valence-electron chi connectivity index (χ2n) is 7.35. The van der Waals surface area contributed by atoms with Crippen molar-refractivity contribution in [3.05, 3.63) is 29.8 Å². The maximum atomic E-state index is 12.7. The molecule has 1 aromatic rings. The molecule has 1 unspecified atom stereocenters. The molecule has 2 saturated heterocycles. The van der Waals surface area contributed by atoms with E-state index in [-0.39, 0.29) is 24.4 Å². The lowest BCUT2D eigenvalue weighted by Crippen LogP contribution is -2.45. The van der Waals surface area contributed by atoms with Crippen LogP contribution in [0.25, 0.3) is 0 Å². The van der Waals surface area contributed by atoms with Crippen molar-refractivity contribution in [2.24, 2.45) is 5.73 Å². The number of nitrogens with zero attached hydrogens (tertiary/aromatic N) is 2. The first kappa shape index (κ1) is 22.1. The molecule has 0 aromatic heterocycles. The van der Waals surface area contributed by atoms with E-state index < -0.39 is 10.0 Å². The lowest BCUT2D eigenvalue weighted by atomic mass is 10.0. The molecule has 1 atom stereocenters. The third-order valence-electron chi connectivity index (χ3n) is 5.31. The monoisotopic (exact) mass is 415 g/mol. The van der Waals surface area contributed by atoms with Crippen LogP contribution in [0.2, 0.25) is 0 Å². The highest BCUT2D eigenvalue weighted by Gasteiger charge is 2.26. The number of likely N-dealkylation sites (tertiary alicyclic amines) is 1. The molecule has 0 spiro atoms. The molecule has 2 aliphatic rings. The number of hydrogen-bond acceptors (Lipinski definition) is 4. The lowest BCUT2D eigenvalue weighted by molar-refractivity contribution is -0.132. The molecule has 0 aliphatic carbocycles. The van der Waals surface area contributed by atoms with E-state index in [9.17, 15) is 13.2 Å². The largest absolute Gasteiger partial charge is 0.341 e. The zero-order chi connectivity index (χ0) is 18.6. The van der Waals surface area contributed by atoms with Crippen LogP contribution in [0.3, 0.4) is 0 Å². The van der Waals surface area contributed by atoms with Crippen LogP contribution in [0.1, 0.15) is 44.1 Å². The Morgan fingerprint density at radius 1 is 1.04 bits per heavy atom. The highest BCUT2D eigenvalue weighted by atomic mass is 35.5. The number of nitrogens with two attached hydrogens (primary N) is 1. The number of carbonyl (C=O) groups is 1. The Bertz CT molecular complexity index is 718. The van der Waals surface area contributed by atoms with Crippen molar-refractivity contribution < 1.29 is 13.2 Å². The van der Waals surface area contributed by atoms with Gasteiger partial charge in [0.25, 0.3) is 0 Å². The van der Waals surface area contributed by atoms with Gasteiger partial charge in [0.15, 0.2) is 0 Å². The number of amides is 1. The van der Waals surface area contributed by atoms with Gasteiger partial charge in [0, 0.05) is 38.6 Å². The Labute approximate surface area is 168 Å². The lowest BCUT2D eigenvalue weighted by Gasteiger charge is -2.30. The summed E-state index contributed by atoms with van der Waals surface area (Å²) in [6.07, 6.45) is 5.96. The van der Waals surface area contributed by atoms with E-state index >= 15 is 0 Å². The van der Waals surface area contributed by atoms with Crippen LogP contribution in [0.5, 0.6) is 0 Å². The number of sulfonamides is 1. The first-order valence-electron chi connectivity index (χ1n) is 9.59. The zero-order valence-electron chi connectivity index (χ0n) is 15.7. The summed E-state index contributed by atoms with van der Waals surface area (Å²) in [6, 6.07) is 7.08. The average Bonchev–Trinajstić information content (AvgIpc) is 2.67. The highest BCUT2D eigenvalue weighted by Crippen LogP contribution is 2.21. The Hall–Kier alpha value is -1.15. The minimum absolute atomic E-state index is 0. The number of carbonyl (C=O) groups excluding carboxylic acids is 1. The molecule has 2 fully saturated rings. The number of piperidine rings is 2. The molecular formula is C19H30ClN3O3S. The van der Waals surface area contributed by atoms with Gasteiger partial charge >= 0.3 is 0 Å². The molecule has 2 heterocycles. The van der Waals surface area contributed by atoms with Crippen LogP contribution in [0, 0.1) is 0 Å². The minimum atomic E-state index is -3.39. The molecule has 3 rings (SSSR count). The standard InChI is InChI=1S/C19H29N3O3S.ClH/c20-17-5-4-12-21(15-17)19(23)11-8-16-6-9-18(10-7-16)26(24,25)22-13-2-1-3-14-22;/h6-7,9-10,17H,1-5,8,11-15,20H2;1H. The Balaban J connectivity index is 0.00000261. The molecule has 1 aromatic carbocycles. The number of halogens is 1. The van der Waals surface area contributed by atoms with E-state index in [4.69, 9.17) is 5.73 Å². The van der Waals surface area contributed by atoms with Gasteiger partial charge in [-0.25, -0.2) is 8.42 Å². The number of hydrogen-bond donors (Lipinski definition) is 1. The van der Waals surface area contributed by atoms with Crippen molar-refractivity contribution in [1.29, 1.82) is 0 Å². The molecular weight excluding hydrogens is 386 g/mol. The van der Waals surface area contributed by atoms with Crippen molar-refractivity contribution in [1.82, 2.24) is 9.21 Å². The second-order valence-corrected chi connectivity index (χ2v) is 9.29. The maximum absolute atomic E-state index is 12.7. The molecule has 152 valence electrons. The molecule has 2 N–H and O–H groups in total. The van der Waals surface area contributed by atoms with Gasteiger partial charge < -0.3 is 10.6 Å². The molecule has 0 saturated carbocycles. The van der Waals surface area contributed by atoms with Crippen LogP contribution >= 0.6 is 12.4 Å². The second kappa shape index (κ2) is 9.87. The molecule has 6 nitrogen and oxygen atoms in total. The van der Waals surface area contributed by atoms with E-state index in [0.29, 0.717) is 37.4 Å². The van der Waals surface area contributed by atoms with Gasteiger partial charge in [-0.3, -0.25) is 4.79 Å². The summed E-state index contributed by atoms with van der Waals surface area (Å²) in [5.74, 6) is 0.130. The zero-order valence-corrected chi connectivity index (χ0v) is 17.3. The van der Waals surface area contributed by atoms with Crippen LogP contribution < -0.4 is 5.73 Å². The van der Waals surface area contributed by atoms with Crippen LogP contribution in [-0.4, -0.2) is 55.8 Å². The number of aryl methyl sites for hydroxylation is 1. The molecule has 0 radical (unpaired) electrons. The molecule has 0 bridgehead atoms. The van der Waals surface area contributed by atoms with Gasteiger partial charge in [-0.1, -0.05) is 18.6 Å². The maximum Gasteiger partial charge on any atom is 0.243 e. The van der Waals surface area contributed by atoms with Crippen LogP contribution in [0.4, 0.5) is 0 Å². The normalized spacial score (nSPS) is 21.5. The SMILES string of the molecule is Cl.NC1CCCN(C(=O)CCc2ccc(S(=O)(=O)N3CCCCC3)cc2)C1. The van der Waals surface area contributed by atoms with E-state index in [1.165, 1.54) is 0 Å². The van der Waals surface area contributed by atoms with E-state index in [2.05, 4.69) is 0 Å². The van der Waals surface area contributed by atoms with Gasteiger partial charge in [-0.15, -0.1) is 12.4 Å². The number of benzene rings is 1. The highest BCUT2D eigenvalue weighted by molar-refractivity contribution is 7.89. The predicted molar refractivity (Wildman–Crippen MR) is 108 cm³/mol. The van der Waals surface area contributed by atoms with Crippen molar-refractivity contribution >= 4 is 28.3 Å². The summed E-state index contributed by atoms with van der Waals surface area (Å²) in [7, 11) is -3.39. The van der Waals surface area contributed by atoms with Crippen LogP contribution in [0.15, 0.2) is 29.2 Å². The smallest absolute Gasteiger partial charge is 0.243 e. The van der Waals surface area contributed by atoms with Crippen molar-refractivity contribution in [3.63, 3.8) is 0 Å². The van der Waals surface area contributed by atoms with Gasteiger partial charge in [0.2, 0.25) is 15.9 Å². The first-order valence-corrected chi connectivity index (χ1v) is 11.0. The first-order chi connectivity index (χ1) is 12.5. The number of rotatable bonds is 5. The summed E-state index contributed by atoms with van der Waals surface area (Å²) in [5, 5.41) is 0. The Kier molecular flexibility index (Phi) is 8.09. The van der Waals surface area contributed by atoms with E-state index in [0.717, 1.165) is 44.2 Å². The molecule has 1 amide bonds. The molecule has 8 heteroatoms. The summed E-state index contributed by atoms with van der Waals surface area (Å²) < 4.78 is 26.9. The molecule has 27 heavy (non-hydrogen) atoms. The summed E-state index contributed by atoms with van der Waals surface area (Å²) in [4.78, 5) is 14.5.